The molecule has 0 unspecified atom stereocenters. The summed E-state index contributed by atoms with van der Waals surface area (Å²) in [5.41, 5.74) is 3.52. The van der Waals surface area contributed by atoms with E-state index in [0.717, 1.165) is 17.8 Å². The maximum atomic E-state index is 12.8. The number of nitriles is 1. The first-order valence-corrected chi connectivity index (χ1v) is 7.96. The maximum absolute atomic E-state index is 12.8. The number of aromatic nitrogens is 1. The molecule has 23 heavy (non-hydrogen) atoms. The van der Waals surface area contributed by atoms with Gasteiger partial charge in [-0.15, -0.1) is 0 Å². The van der Waals surface area contributed by atoms with E-state index in [0.29, 0.717) is 28.3 Å². The van der Waals surface area contributed by atoms with Gasteiger partial charge in [0.1, 0.15) is 5.15 Å². The minimum Gasteiger partial charge on any atom is -0.361 e. The molecule has 2 aliphatic rings. The molecule has 0 saturated heterocycles. The highest BCUT2D eigenvalue weighted by atomic mass is 35.5. The highest BCUT2D eigenvalue weighted by Crippen LogP contribution is 2.47. The summed E-state index contributed by atoms with van der Waals surface area (Å²) in [6.45, 7) is 6.04. The van der Waals surface area contributed by atoms with E-state index in [1.165, 1.54) is 0 Å². The van der Waals surface area contributed by atoms with E-state index in [1.807, 2.05) is 13.0 Å². The van der Waals surface area contributed by atoms with E-state index < -0.39 is 5.92 Å². The van der Waals surface area contributed by atoms with Crippen LogP contribution in [0.4, 0.5) is 0 Å². The molecule has 4 nitrogen and oxygen atoms in total. The van der Waals surface area contributed by atoms with Crippen LogP contribution in [0.5, 0.6) is 0 Å². The van der Waals surface area contributed by atoms with Gasteiger partial charge < -0.3 is 5.32 Å². The predicted molar refractivity (Wildman–Crippen MR) is 88.5 cm³/mol. The summed E-state index contributed by atoms with van der Waals surface area (Å²) in [6.07, 6.45) is 2.86. The number of Topliss-reactive ketones (excluding diaryl/α,β-unsaturated/α-hetero) is 1. The zero-order valence-corrected chi connectivity index (χ0v) is 14.2. The Hall–Kier alpha value is -2.12. The second-order valence-corrected chi connectivity index (χ2v) is 7.28. The third-order valence-corrected chi connectivity index (χ3v) is 4.77. The van der Waals surface area contributed by atoms with Gasteiger partial charge in [0.05, 0.1) is 17.6 Å². The van der Waals surface area contributed by atoms with Crippen molar-refractivity contribution in [2.45, 2.75) is 39.5 Å². The maximum Gasteiger partial charge on any atom is 0.162 e. The molecule has 1 aromatic rings. The molecule has 5 heteroatoms. The van der Waals surface area contributed by atoms with Gasteiger partial charge in [-0.1, -0.05) is 31.5 Å². The molecule has 1 N–H and O–H groups in total. The van der Waals surface area contributed by atoms with Crippen LogP contribution in [0, 0.1) is 16.7 Å². The minimum absolute atomic E-state index is 0.0777. The third kappa shape index (κ3) is 2.66. The number of rotatable bonds is 1. The van der Waals surface area contributed by atoms with E-state index in [1.54, 1.807) is 12.3 Å². The lowest BCUT2D eigenvalue weighted by Crippen LogP contribution is -2.37. The largest absolute Gasteiger partial charge is 0.361 e. The minimum atomic E-state index is -0.430. The smallest absolute Gasteiger partial charge is 0.162 e. The number of pyridine rings is 1. The summed E-state index contributed by atoms with van der Waals surface area (Å²) < 4.78 is 0. The number of ketones is 1. The molecule has 2 heterocycles. The van der Waals surface area contributed by atoms with Crippen LogP contribution in [-0.2, 0) is 4.79 Å². The molecule has 1 aromatic heterocycles. The van der Waals surface area contributed by atoms with E-state index in [9.17, 15) is 10.1 Å². The Balaban J connectivity index is 2.22. The van der Waals surface area contributed by atoms with Gasteiger partial charge in [-0.3, -0.25) is 4.79 Å². The highest BCUT2D eigenvalue weighted by Gasteiger charge is 2.41. The van der Waals surface area contributed by atoms with Crippen molar-refractivity contribution < 1.29 is 4.79 Å². The van der Waals surface area contributed by atoms with Gasteiger partial charge in [0.25, 0.3) is 0 Å². The fourth-order valence-electron chi connectivity index (χ4n) is 3.51. The first-order valence-electron chi connectivity index (χ1n) is 7.58. The number of nitrogens with one attached hydrogen (secondary N) is 1. The fourth-order valence-corrected chi connectivity index (χ4v) is 3.74. The SMILES string of the molecule is CC1=C(C#N)[C@H](c2cccnc2Cl)C2=C(CC(C)(C)CC2=O)N1. The topological polar surface area (TPSA) is 65.8 Å². The van der Waals surface area contributed by atoms with Crippen LogP contribution in [0.25, 0.3) is 0 Å². The molecule has 1 aliphatic carbocycles. The molecule has 118 valence electrons. The Labute approximate surface area is 140 Å². The first-order chi connectivity index (χ1) is 10.8. The average molecular weight is 328 g/mol. The molecular weight excluding hydrogens is 310 g/mol. The molecule has 0 fully saturated rings. The van der Waals surface area contributed by atoms with Crippen molar-refractivity contribution in [1.82, 2.24) is 10.3 Å². The summed E-state index contributed by atoms with van der Waals surface area (Å²) in [5.74, 6) is -0.352. The summed E-state index contributed by atoms with van der Waals surface area (Å²) >= 11 is 6.27. The Kier molecular flexibility index (Phi) is 3.77. The number of hydrogen-bond donors (Lipinski definition) is 1. The summed E-state index contributed by atoms with van der Waals surface area (Å²) in [7, 11) is 0. The van der Waals surface area contributed by atoms with Crippen molar-refractivity contribution in [2.75, 3.05) is 0 Å². The van der Waals surface area contributed by atoms with Crippen molar-refractivity contribution in [3.8, 4) is 6.07 Å². The molecule has 1 atom stereocenters. The van der Waals surface area contributed by atoms with Crippen molar-refractivity contribution in [3.63, 3.8) is 0 Å². The molecule has 0 amide bonds. The monoisotopic (exact) mass is 327 g/mol. The Bertz CT molecular complexity index is 799. The van der Waals surface area contributed by atoms with Crippen molar-refractivity contribution >= 4 is 17.4 Å². The number of halogens is 1. The second-order valence-electron chi connectivity index (χ2n) is 6.93. The third-order valence-electron chi connectivity index (χ3n) is 4.46. The Morgan fingerprint density at radius 2 is 2.17 bits per heavy atom. The first kappa shape index (κ1) is 15.8. The van der Waals surface area contributed by atoms with Crippen molar-refractivity contribution in [2.24, 2.45) is 5.41 Å². The van der Waals surface area contributed by atoms with Crippen LogP contribution in [0.1, 0.15) is 45.1 Å². The van der Waals surface area contributed by atoms with Gasteiger partial charge in [0.2, 0.25) is 0 Å². The predicted octanol–water partition coefficient (Wildman–Crippen LogP) is 3.86. The molecular formula is C18H18ClN3O. The Morgan fingerprint density at radius 1 is 1.43 bits per heavy atom. The molecule has 0 radical (unpaired) electrons. The lowest BCUT2D eigenvalue weighted by molar-refractivity contribution is -0.118. The zero-order chi connectivity index (χ0) is 16.8. The number of carbonyl (C=O) groups excluding carboxylic acids is 1. The van der Waals surface area contributed by atoms with Crippen LogP contribution < -0.4 is 5.32 Å². The van der Waals surface area contributed by atoms with Crippen LogP contribution in [0.15, 0.2) is 40.9 Å². The molecule has 0 spiro atoms. The van der Waals surface area contributed by atoms with Crippen molar-refractivity contribution in [1.29, 1.82) is 5.26 Å². The second kappa shape index (κ2) is 5.50. The van der Waals surface area contributed by atoms with E-state index in [-0.39, 0.29) is 11.2 Å². The molecule has 0 saturated carbocycles. The van der Waals surface area contributed by atoms with Gasteiger partial charge in [0.15, 0.2) is 5.78 Å². The lowest BCUT2D eigenvalue weighted by Gasteiger charge is -2.38. The van der Waals surface area contributed by atoms with Gasteiger partial charge in [-0.2, -0.15) is 5.26 Å². The normalized spacial score (nSPS) is 23.3. The van der Waals surface area contributed by atoms with Crippen LogP contribution in [0.3, 0.4) is 0 Å². The highest BCUT2D eigenvalue weighted by molar-refractivity contribution is 6.30. The van der Waals surface area contributed by atoms with Gasteiger partial charge in [-0.05, 0) is 24.8 Å². The van der Waals surface area contributed by atoms with E-state index >= 15 is 0 Å². The van der Waals surface area contributed by atoms with Crippen LogP contribution >= 0.6 is 11.6 Å². The van der Waals surface area contributed by atoms with Gasteiger partial charge >= 0.3 is 0 Å². The number of dihydropyridines is 1. The van der Waals surface area contributed by atoms with Crippen molar-refractivity contribution in [3.05, 3.63) is 51.6 Å². The summed E-state index contributed by atoms with van der Waals surface area (Å²) in [5, 5.41) is 13.2. The summed E-state index contributed by atoms with van der Waals surface area (Å²) in [4.78, 5) is 16.9. The lowest BCUT2D eigenvalue weighted by atomic mass is 9.69. The molecule has 1 aliphatic heterocycles. The van der Waals surface area contributed by atoms with Gasteiger partial charge in [-0.25, -0.2) is 4.98 Å². The van der Waals surface area contributed by atoms with Crippen LogP contribution in [-0.4, -0.2) is 10.8 Å². The van der Waals surface area contributed by atoms with E-state index in [2.05, 4.69) is 30.2 Å². The fraction of sp³-hybridized carbons (Fsp3) is 0.389. The average Bonchev–Trinajstić information content (AvgIpc) is 2.45. The molecule has 0 bridgehead atoms. The van der Waals surface area contributed by atoms with Gasteiger partial charge in [0, 0.05) is 35.1 Å². The van der Waals surface area contributed by atoms with E-state index in [4.69, 9.17) is 11.6 Å². The number of allylic oxidation sites excluding steroid dienone is 4. The zero-order valence-electron chi connectivity index (χ0n) is 13.4. The molecule has 3 rings (SSSR count). The number of nitrogens with zero attached hydrogens (tertiary/aromatic N) is 2. The van der Waals surface area contributed by atoms with Crippen LogP contribution in [0.2, 0.25) is 5.15 Å². The summed E-state index contributed by atoms with van der Waals surface area (Å²) in [6, 6.07) is 5.87. The number of hydrogen-bond acceptors (Lipinski definition) is 4. The number of carbonyl (C=O) groups is 1. The molecule has 0 aromatic carbocycles. The standard InChI is InChI=1S/C18H18ClN3O/c1-10-12(9-20)15(11-5-4-6-21-17(11)19)16-13(22-10)7-18(2,3)8-14(16)23/h4-6,15,22H,7-8H2,1-3H3/t15-/m0/s1. The Morgan fingerprint density at radius 3 is 2.83 bits per heavy atom. The quantitative estimate of drug-likeness (QED) is 0.795.